The van der Waals surface area contributed by atoms with E-state index in [1.165, 1.54) is 6.07 Å². The van der Waals surface area contributed by atoms with Gasteiger partial charge in [0.05, 0.1) is 12.1 Å². The Morgan fingerprint density at radius 2 is 2.17 bits per heavy atom. The van der Waals surface area contributed by atoms with Crippen molar-refractivity contribution < 1.29 is 14.3 Å². The normalized spacial score (nSPS) is 9.89. The van der Waals surface area contributed by atoms with Gasteiger partial charge in [-0.25, -0.2) is 4.39 Å². The average Bonchev–Trinajstić information content (AvgIpc) is 2.32. The zero-order chi connectivity index (χ0) is 13.5. The first kappa shape index (κ1) is 14.4. The Hall–Kier alpha value is -1.69. The van der Waals surface area contributed by atoms with E-state index in [-0.39, 0.29) is 12.1 Å². The second-order valence-corrected chi connectivity index (χ2v) is 4.02. The summed E-state index contributed by atoms with van der Waals surface area (Å²) in [7, 11) is 0. The number of nitrogens with zero attached hydrogens (tertiary/aromatic N) is 1. The second-order valence-electron chi connectivity index (χ2n) is 3.63. The molecule has 0 spiro atoms. The third-order valence-electron chi connectivity index (χ3n) is 2.38. The number of nitrogens with one attached hydrogen (secondary N) is 1. The van der Waals surface area contributed by atoms with Gasteiger partial charge in [-0.2, -0.15) is 0 Å². The fourth-order valence-electron chi connectivity index (χ4n) is 1.39. The summed E-state index contributed by atoms with van der Waals surface area (Å²) in [5.74, 6) is -1.28. The molecule has 0 bridgehead atoms. The van der Waals surface area contributed by atoms with Crippen molar-refractivity contribution in [2.24, 2.45) is 0 Å². The minimum absolute atomic E-state index is 0.00701. The van der Waals surface area contributed by atoms with Crippen molar-refractivity contribution in [2.75, 3.05) is 18.4 Å². The van der Waals surface area contributed by atoms with Crippen LogP contribution in [0.15, 0.2) is 24.3 Å². The minimum Gasteiger partial charge on any atom is -0.481 e. The maximum atomic E-state index is 13.4. The number of thiocarbonyl (C=S) groups is 1. The van der Waals surface area contributed by atoms with Gasteiger partial charge in [-0.3, -0.25) is 4.79 Å². The number of anilines is 1. The van der Waals surface area contributed by atoms with Crippen molar-refractivity contribution in [1.29, 1.82) is 0 Å². The van der Waals surface area contributed by atoms with Crippen LogP contribution >= 0.6 is 12.2 Å². The molecule has 0 saturated carbocycles. The number of rotatable bonds is 5. The largest absolute Gasteiger partial charge is 0.481 e. The predicted octanol–water partition coefficient (Wildman–Crippen LogP) is 2.32. The van der Waals surface area contributed by atoms with Gasteiger partial charge < -0.3 is 15.3 Å². The Bertz CT molecular complexity index is 440. The summed E-state index contributed by atoms with van der Waals surface area (Å²) in [6.07, 6.45) is -0.00701. The quantitative estimate of drug-likeness (QED) is 0.804. The van der Waals surface area contributed by atoms with Gasteiger partial charge in [0.15, 0.2) is 5.11 Å². The van der Waals surface area contributed by atoms with E-state index in [2.05, 4.69) is 5.32 Å². The van der Waals surface area contributed by atoms with Crippen molar-refractivity contribution in [3.63, 3.8) is 0 Å². The lowest BCUT2D eigenvalue weighted by Gasteiger charge is -2.23. The Morgan fingerprint density at radius 3 is 2.72 bits per heavy atom. The van der Waals surface area contributed by atoms with E-state index in [1.54, 1.807) is 23.1 Å². The van der Waals surface area contributed by atoms with Crippen LogP contribution in [0.3, 0.4) is 0 Å². The number of carbonyl (C=O) groups is 1. The molecule has 18 heavy (non-hydrogen) atoms. The van der Waals surface area contributed by atoms with Crippen LogP contribution < -0.4 is 5.32 Å². The van der Waals surface area contributed by atoms with E-state index in [1.807, 2.05) is 6.92 Å². The number of hydrogen-bond acceptors (Lipinski definition) is 2. The number of aliphatic carboxylic acids is 1. The van der Waals surface area contributed by atoms with E-state index in [9.17, 15) is 9.18 Å². The van der Waals surface area contributed by atoms with Gasteiger partial charge in [0.25, 0.3) is 0 Å². The van der Waals surface area contributed by atoms with Crippen LogP contribution in [-0.2, 0) is 4.79 Å². The molecule has 0 aromatic heterocycles. The molecule has 1 aromatic rings. The monoisotopic (exact) mass is 270 g/mol. The smallest absolute Gasteiger partial charge is 0.305 e. The van der Waals surface area contributed by atoms with Crippen molar-refractivity contribution in [2.45, 2.75) is 13.3 Å². The lowest BCUT2D eigenvalue weighted by atomic mass is 10.3. The van der Waals surface area contributed by atoms with Crippen LogP contribution in [0, 0.1) is 5.82 Å². The maximum absolute atomic E-state index is 13.4. The topological polar surface area (TPSA) is 52.6 Å². The summed E-state index contributed by atoms with van der Waals surface area (Å²) in [5.41, 5.74) is 0.288. The molecule has 0 amide bonds. The van der Waals surface area contributed by atoms with Crippen molar-refractivity contribution in [1.82, 2.24) is 4.90 Å². The summed E-state index contributed by atoms with van der Waals surface area (Å²) >= 11 is 5.12. The molecule has 0 aliphatic rings. The van der Waals surface area contributed by atoms with E-state index in [4.69, 9.17) is 17.3 Å². The summed E-state index contributed by atoms with van der Waals surface area (Å²) in [4.78, 5) is 12.2. The average molecular weight is 270 g/mol. The van der Waals surface area contributed by atoms with Gasteiger partial charge in [0.2, 0.25) is 0 Å². The molecular weight excluding hydrogens is 255 g/mol. The first-order valence-electron chi connectivity index (χ1n) is 5.56. The molecule has 0 atom stereocenters. The van der Waals surface area contributed by atoms with E-state index < -0.39 is 11.8 Å². The fourth-order valence-corrected chi connectivity index (χ4v) is 1.72. The third-order valence-corrected chi connectivity index (χ3v) is 2.74. The molecule has 0 heterocycles. The number of para-hydroxylation sites is 1. The standard InChI is InChI=1S/C12H15FN2O2S/c1-2-15(8-7-11(16)17)12(18)14-10-6-4-3-5-9(10)13/h3-6H,2,7-8H2,1H3,(H,14,18)(H,16,17). The van der Waals surface area contributed by atoms with Gasteiger partial charge in [-0.05, 0) is 31.3 Å². The molecule has 1 rings (SSSR count). The number of halogens is 1. The minimum atomic E-state index is -0.887. The first-order chi connectivity index (χ1) is 8.54. The summed E-state index contributed by atoms with van der Waals surface area (Å²) in [6.45, 7) is 2.72. The number of hydrogen-bond donors (Lipinski definition) is 2. The van der Waals surface area contributed by atoms with Gasteiger partial charge >= 0.3 is 5.97 Å². The molecule has 0 unspecified atom stereocenters. The number of benzene rings is 1. The fraction of sp³-hybridized carbons (Fsp3) is 0.333. The molecule has 6 heteroatoms. The lowest BCUT2D eigenvalue weighted by molar-refractivity contribution is -0.137. The molecule has 98 valence electrons. The van der Waals surface area contributed by atoms with Crippen LogP contribution in [0.25, 0.3) is 0 Å². The van der Waals surface area contributed by atoms with E-state index >= 15 is 0 Å². The molecule has 0 saturated heterocycles. The molecule has 0 fully saturated rings. The number of carboxylic acid groups (broad SMARTS) is 1. The molecule has 0 aliphatic heterocycles. The summed E-state index contributed by atoms with van der Waals surface area (Å²) in [5, 5.41) is 11.7. The Morgan fingerprint density at radius 1 is 1.50 bits per heavy atom. The van der Waals surface area contributed by atoms with Crippen LogP contribution in [0.4, 0.5) is 10.1 Å². The molecule has 1 aromatic carbocycles. The molecule has 4 nitrogen and oxygen atoms in total. The zero-order valence-electron chi connectivity index (χ0n) is 10.0. The highest BCUT2D eigenvalue weighted by Crippen LogP contribution is 2.13. The SMILES string of the molecule is CCN(CCC(=O)O)C(=S)Nc1ccccc1F. The molecule has 2 N–H and O–H groups in total. The van der Waals surface area contributed by atoms with Crippen LogP contribution in [0.2, 0.25) is 0 Å². The summed E-state index contributed by atoms with van der Waals surface area (Å²) < 4.78 is 13.4. The zero-order valence-corrected chi connectivity index (χ0v) is 10.8. The van der Waals surface area contributed by atoms with Crippen LogP contribution in [0.1, 0.15) is 13.3 Å². The third kappa shape index (κ3) is 4.29. The van der Waals surface area contributed by atoms with Gasteiger partial charge in [0.1, 0.15) is 5.82 Å². The van der Waals surface area contributed by atoms with Gasteiger partial charge in [0, 0.05) is 13.1 Å². The second kappa shape index (κ2) is 6.90. The highest BCUT2D eigenvalue weighted by atomic mass is 32.1. The molecular formula is C12H15FN2O2S. The first-order valence-corrected chi connectivity index (χ1v) is 5.97. The van der Waals surface area contributed by atoms with Crippen molar-refractivity contribution in [3.8, 4) is 0 Å². The predicted molar refractivity (Wildman–Crippen MR) is 72.1 cm³/mol. The van der Waals surface area contributed by atoms with E-state index in [0.29, 0.717) is 18.2 Å². The van der Waals surface area contributed by atoms with E-state index in [0.717, 1.165) is 0 Å². The Balaban J connectivity index is 2.62. The van der Waals surface area contributed by atoms with Crippen molar-refractivity contribution in [3.05, 3.63) is 30.1 Å². The van der Waals surface area contributed by atoms with Gasteiger partial charge in [-0.1, -0.05) is 12.1 Å². The van der Waals surface area contributed by atoms with Crippen LogP contribution in [-0.4, -0.2) is 34.2 Å². The lowest BCUT2D eigenvalue weighted by Crippen LogP contribution is -2.36. The Labute approximate surface area is 110 Å². The Kier molecular flexibility index (Phi) is 5.51. The van der Waals surface area contributed by atoms with Gasteiger partial charge in [-0.15, -0.1) is 0 Å². The van der Waals surface area contributed by atoms with Crippen LogP contribution in [0.5, 0.6) is 0 Å². The molecule has 0 aliphatic carbocycles. The summed E-state index contributed by atoms with van der Waals surface area (Å²) in [6, 6.07) is 6.19. The maximum Gasteiger partial charge on any atom is 0.305 e. The van der Waals surface area contributed by atoms with Crippen molar-refractivity contribution >= 4 is 29.0 Å². The highest BCUT2D eigenvalue weighted by Gasteiger charge is 2.11. The molecule has 0 radical (unpaired) electrons. The number of carboxylic acids is 1. The highest BCUT2D eigenvalue weighted by molar-refractivity contribution is 7.80.